The van der Waals surface area contributed by atoms with Gasteiger partial charge in [0, 0.05) is 5.02 Å². The smallest absolute Gasteiger partial charge is 0.169 e. The second-order valence-corrected chi connectivity index (χ2v) is 7.74. The molecule has 3 rings (SSSR count). The molecule has 0 radical (unpaired) electrons. The molecule has 0 bridgehead atoms. The number of ketones is 1. The maximum absolute atomic E-state index is 13.3. The highest BCUT2D eigenvalue weighted by molar-refractivity contribution is 6.30. The van der Waals surface area contributed by atoms with Gasteiger partial charge in [-0.15, -0.1) is 0 Å². The summed E-state index contributed by atoms with van der Waals surface area (Å²) in [6.07, 6.45) is 10.6. The summed E-state index contributed by atoms with van der Waals surface area (Å²) in [5.74, 6) is 0.354. The van der Waals surface area contributed by atoms with Gasteiger partial charge in [0.05, 0.1) is 5.41 Å². The molecule has 24 heavy (non-hydrogen) atoms. The van der Waals surface area contributed by atoms with Crippen molar-refractivity contribution in [3.8, 4) is 0 Å². The van der Waals surface area contributed by atoms with Gasteiger partial charge in [0.15, 0.2) is 5.78 Å². The molecule has 1 aromatic carbocycles. The van der Waals surface area contributed by atoms with Crippen molar-refractivity contribution in [2.24, 2.45) is 5.41 Å². The summed E-state index contributed by atoms with van der Waals surface area (Å²) >= 11 is 5.96. The van der Waals surface area contributed by atoms with Gasteiger partial charge in [-0.05, 0) is 88.5 Å². The Balaban J connectivity index is 1.88. The normalized spacial score (nSPS) is 25.8. The second kappa shape index (κ2) is 7.25. The van der Waals surface area contributed by atoms with E-state index in [1.54, 1.807) is 0 Å². The van der Waals surface area contributed by atoms with Crippen LogP contribution in [0, 0.1) is 5.41 Å². The van der Waals surface area contributed by atoms with Crippen LogP contribution in [-0.4, -0.2) is 31.3 Å². The third-order valence-corrected chi connectivity index (χ3v) is 5.65. The average Bonchev–Trinajstić information content (AvgIpc) is 3.19. The number of carbonyl (C=O) groups excluding carboxylic acids is 1. The molecule has 2 aliphatic carbocycles. The minimum Gasteiger partial charge on any atom is -0.309 e. The monoisotopic (exact) mass is 343 g/mol. The SMILES string of the molecule is CN(C)CC[C@]1(C2=CCCC2)CC/C(=C\c2ccc(Cl)cc2)C1=O. The molecular weight excluding hydrogens is 318 g/mol. The third kappa shape index (κ3) is 3.50. The lowest BCUT2D eigenvalue weighted by molar-refractivity contribution is -0.121. The van der Waals surface area contributed by atoms with E-state index in [0.29, 0.717) is 5.78 Å². The van der Waals surface area contributed by atoms with E-state index in [1.807, 2.05) is 24.3 Å². The van der Waals surface area contributed by atoms with Gasteiger partial charge in [-0.3, -0.25) is 4.79 Å². The number of hydrogen-bond acceptors (Lipinski definition) is 2. The van der Waals surface area contributed by atoms with E-state index in [2.05, 4.69) is 31.1 Å². The van der Waals surface area contributed by atoms with Crippen molar-refractivity contribution < 1.29 is 4.79 Å². The Morgan fingerprint density at radius 3 is 2.58 bits per heavy atom. The number of rotatable bonds is 5. The van der Waals surface area contributed by atoms with Gasteiger partial charge in [0.2, 0.25) is 0 Å². The lowest BCUT2D eigenvalue weighted by Gasteiger charge is -2.30. The first kappa shape index (κ1) is 17.4. The van der Waals surface area contributed by atoms with Crippen LogP contribution < -0.4 is 0 Å². The van der Waals surface area contributed by atoms with Crippen LogP contribution in [0.5, 0.6) is 0 Å². The zero-order valence-corrected chi connectivity index (χ0v) is 15.4. The molecule has 1 atom stereocenters. The summed E-state index contributed by atoms with van der Waals surface area (Å²) in [5.41, 5.74) is 3.18. The van der Waals surface area contributed by atoms with Gasteiger partial charge in [-0.25, -0.2) is 0 Å². The van der Waals surface area contributed by atoms with Crippen molar-refractivity contribution in [1.29, 1.82) is 0 Å². The second-order valence-electron chi connectivity index (χ2n) is 7.31. The van der Waals surface area contributed by atoms with E-state index in [1.165, 1.54) is 12.0 Å². The van der Waals surface area contributed by atoms with Crippen LogP contribution in [0.2, 0.25) is 5.02 Å². The van der Waals surface area contributed by atoms with Gasteiger partial charge in [0.25, 0.3) is 0 Å². The lowest BCUT2D eigenvalue weighted by Crippen LogP contribution is -2.32. The topological polar surface area (TPSA) is 20.3 Å². The zero-order chi connectivity index (χ0) is 17.2. The summed E-state index contributed by atoms with van der Waals surface area (Å²) < 4.78 is 0. The fourth-order valence-corrected chi connectivity index (χ4v) is 4.13. The predicted molar refractivity (Wildman–Crippen MR) is 101 cm³/mol. The van der Waals surface area contributed by atoms with Gasteiger partial charge in [-0.1, -0.05) is 35.4 Å². The molecule has 2 aliphatic rings. The fraction of sp³-hybridized carbons (Fsp3) is 0.476. The Hall–Kier alpha value is -1.38. The van der Waals surface area contributed by atoms with E-state index >= 15 is 0 Å². The number of allylic oxidation sites excluding steroid dienone is 3. The van der Waals surface area contributed by atoms with Crippen LogP contribution in [0.1, 0.15) is 44.1 Å². The molecule has 3 heteroatoms. The zero-order valence-electron chi connectivity index (χ0n) is 14.6. The molecule has 0 heterocycles. The summed E-state index contributed by atoms with van der Waals surface area (Å²) in [6, 6.07) is 7.73. The van der Waals surface area contributed by atoms with Crippen molar-refractivity contribution in [2.75, 3.05) is 20.6 Å². The van der Waals surface area contributed by atoms with E-state index in [-0.39, 0.29) is 5.41 Å². The van der Waals surface area contributed by atoms with Crippen LogP contribution in [-0.2, 0) is 4.79 Å². The minimum atomic E-state index is -0.251. The Morgan fingerprint density at radius 2 is 1.96 bits per heavy atom. The molecule has 0 spiro atoms. The minimum absolute atomic E-state index is 0.251. The van der Waals surface area contributed by atoms with Crippen molar-refractivity contribution in [3.63, 3.8) is 0 Å². The Morgan fingerprint density at radius 1 is 1.21 bits per heavy atom. The van der Waals surface area contributed by atoms with Crippen molar-refractivity contribution >= 4 is 23.5 Å². The molecule has 0 N–H and O–H groups in total. The first-order chi connectivity index (χ1) is 11.5. The van der Waals surface area contributed by atoms with Crippen LogP contribution in [0.4, 0.5) is 0 Å². The summed E-state index contributed by atoms with van der Waals surface area (Å²) in [7, 11) is 4.17. The maximum Gasteiger partial charge on any atom is 0.169 e. The van der Waals surface area contributed by atoms with Crippen molar-refractivity contribution in [2.45, 2.75) is 38.5 Å². The molecule has 2 nitrogen and oxygen atoms in total. The highest BCUT2D eigenvalue weighted by atomic mass is 35.5. The van der Waals surface area contributed by atoms with Crippen LogP contribution in [0.3, 0.4) is 0 Å². The molecule has 0 amide bonds. The maximum atomic E-state index is 13.3. The van der Waals surface area contributed by atoms with Crippen LogP contribution in [0.15, 0.2) is 41.5 Å². The van der Waals surface area contributed by atoms with Crippen LogP contribution in [0.25, 0.3) is 6.08 Å². The van der Waals surface area contributed by atoms with E-state index in [4.69, 9.17) is 11.6 Å². The van der Waals surface area contributed by atoms with E-state index < -0.39 is 0 Å². The number of halogens is 1. The average molecular weight is 344 g/mol. The summed E-state index contributed by atoms with van der Waals surface area (Å²) in [6.45, 7) is 0.956. The van der Waals surface area contributed by atoms with Crippen LogP contribution >= 0.6 is 11.6 Å². The predicted octanol–water partition coefficient (Wildman–Crippen LogP) is 5.13. The first-order valence-corrected chi connectivity index (χ1v) is 9.24. The Bertz CT molecular complexity index is 672. The lowest BCUT2D eigenvalue weighted by atomic mass is 9.74. The number of nitrogens with zero attached hydrogens (tertiary/aromatic N) is 1. The third-order valence-electron chi connectivity index (χ3n) is 5.40. The first-order valence-electron chi connectivity index (χ1n) is 8.86. The number of carbonyl (C=O) groups is 1. The van der Waals surface area contributed by atoms with Gasteiger partial charge in [0.1, 0.15) is 0 Å². The highest BCUT2D eigenvalue weighted by Crippen LogP contribution is 2.50. The molecular formula is C21H26ClNO. The molecule has 0 aliphatic heterocycles. The molecule has 0 unspecified atom stereocenters. The quantitative estimate of drug-likeness (QED) is 0.545. The van der Waals surface area contributed by atoms with E-state index in [9.17, 15) is 4.79 Å². The number of Topliss-reactive ketones (excluding diaryl/α,β-unsaturated/α-hetero) is 1. The van der Waals surface area contributed by atoms with Gasteiger partial charge >= 0.3 is 0 Å². The summed E-state index contributed by atoms with van der Waals surface area (Å²) in [5, 5.41) is 0.728. The molecule has 1 fully saturated rings. The van der Waals surface area contributed by atoms with Gasteiger partial charge < -0.3 is 4.90 Å². The summed E-state index contributed by atoms with van der Waals surface area (Å²) in [4.78, 5) is 15.5. The van der Waals surface area contributed by atoms with Crippen molar-refractivity contribution in [3.05, 3.63) is 52.1 Å². The standard InChI is InChI=1S/C21H26ClNO/c1-23(2)14-13-21(18-5-3-4-6-18)12-11-17(20(21)24)15-16-7-9-19(22)10-8-16/h5,7-10,15H,3-4,6,11-14H2,1-2H3/b17-15+/t21-/m0/s1. The molecule has 1 aromatic rings. The number of benzene rings is 1. The van der Waals surface area contributed by atoms with E-state index in [0.717, 1.165) is 54.8 Å². The molecule has 0 aromatic heterocycles. The molecule has 1 saturated carbocycles. The molecule has 0 saturated heterocycles. The van der Waals surface area contributed by atoms with Crippen molar-refractivity contribution in [1.82, 2.24) is 4.90 Å². The number of hydrogen-bond donors (Lipinski definition) is 0. The highest BCUT2D eigenvalue weighted by Gasteiger charge is 2.47. The van der Waals surface area contributed by atoms with Gasteiger partial charge in [-0.2, -0.15) is 0 Å². The largest absolute Gasteiger partial charge is 0.309 e. The molecule has 128 valence electrons. The Kier molecular flexibility index (Phi) is 5.27. The Labute approximate surface area is 150 Å². The fourth-order valence-electron chi connectivity index (χ4n) is 4.01.